The number of hydrogen-bond donors (Lipinski definition) is 1. The second-order valence-corrected chi connectivity index (χ2v) is 9.86. The third-order valence-electron chi connectivity index (χ3n) is 6.08. The van der Waals surface area contributed by atoms with Crippen LogP contribution in [0.1, 0.15) is 84.0 Å². The fraction of sp³-hybridized carbons (Fsp3) is 0.759. The third kappa shape index (κ3) is 24.7. The predicted octanol–water partition coefficient (Wildman–Crippen LogP) is 3.96. The SMILES string of the molecule is C=C(C)COOCCOC(=O)NCCCCCCN(N(C=O)CCCCCCOC#N)N(C=O)CCCCCCOC#N. The Kier molecular flexibility index (Phi) is 27.4. The molecular weight excluding hydrogens is 560 g/mol. The summed E-state index contributed by atoms with van der Waals surface area (Å²) in [5.41, 5.74) is 0.826. The smallest absolute Gasteiger partial charge is 0.407 e. The summed E-state index contributed by atoms with van der Waals surface area (Å²) in [4.78, 5) is 45.5. The number of ether oxygens (including phenoxy) is 3. The van der Waals surface area contributed by atoms with Gasteiger partial charge in [0.2, 0.25) is 12.8 Å². The molecule has 244 valence electrons. The highest BCUT2D eigenvalue weighted by Gasteiger charge is 2.20. The number of rotatable bonds is 31. The molecule has 0 aliphatic carbocycles. The minimum absolute atomic E-state index is 0.0730. The first-order valence-electron chi connectivity index (χ1n) is 15.0. The van der Waals surface area contributed by atoms with Crippen molar-refractivity contribution in [2.24, 2.45) is 0 Å². The zero-order valence-electron chi connectivity index (χ0n) is 25.7. The second kappa shape index (κ2) is 29.9. The van der Waals surface area contributed by atoms with Crippen molar-refractivity contribution in [3.05, 3.63) is 12.2 Å². The van der Waals surface area contributed by atoms with Gasteiger partial charge >= 0.3 is 6.09 Å². The number of nitrogens with one attached hydrogen (secondary N) is 1. The molecule has 43 heavy (non-hydrogen) atoms. The molecule has 0 aliphatic heterocycles. The number of carbonyl (C=O) groups excluding carboxylic acids is 3. The van der Waals surface area contributed by atoms with Crippen LogP contribution < -0.4 is 5.32 Å². The van der Waals surface area contributed by atoms with Gasteiger partial charge in [0.15, 0.2) is 0 Å². The summed E-state index contributed by atoms with van der Waals surface area (Å²) in [5.74, 6) is 0. The molecule has 3 amide bonds. The molecule has 14 heteroatoms. The molecule has 0 aliphatic rings. The Labute approximate surface area is 256 Å². The van der Waals surface area contributed by atoms with E-state index in [2.05, 4.69) is 11.9 Å². The molecule has 0 fully saturated rings. The number of nitriles is 2. The average Bonchev–Trinajstić information content (AvgIpc) is 3.00. The maximum Gasteiger partial charge on any atom is 0.407 e. The van der Waals surface area contributed by atoms with Crippen molar-refractivity contribution in [2.45, 2.75) is 84.0 Å². The summed E-state index contributed by atoms with van der Waals surface area (Å²) in [6, 6.07) is 0. The molecule has 0 rings (SSSR count). The highest BCUT2D eigenvalue weighted by Crippen LogP contribution is 2.11. The van der Waals surface area contributed by atoms with Gasteiger partial charge in [-0.2, -0.15) is 10.5 Å². The Hall–Kier alpha value is -3.59. The topological polar surface area (TPSA) is 167 Å². The summed E-state index contributed by atoms with van der Waals surface area (Å²) >= 11 is 0. The van der Waals surface area contributed by atoms with Gasteiger partial charge in [0.1, 0.15) is 33.0 Å². The lowest BCUT2D eigenvalue weighted by molar-refractivity contribution is -0.290. The molecule has 0 aromatic heterocycles. The van der Waals surface area contributed by atoms with Crippen molar-refractivity contribution in [2.75, 3.05) is 59.2 Å². The quantitative estimate of drug-likeness (QED) is 0.0301. The standard InChI is InChI=1S/C29H50N6O8/c1-28(2)23-43-42-22-21-41-29(38)32-15-9-3-4-12-18-35(33(26-36)16-10-5-7-13-19-39-24-30)34(27-37)17-11-6-8-14-20-40-25-31/h26-27H,1,3-23H2,2H3,(H,32,38). The fourth-order valence-corrected chi connectivity index (χ4v) is 3.89. The summed E-state index contributed by atoms with van der Waals surface area (Å²) < 4.78 is 14.4. The fourth-order valence-electron chi connectivity index (χ4n) is 3.89. The largest absolute Gasteiger partial charge is 0.447 e. The molecule has 0 saturated carbocycles. The van der Waals surface area contributed by atoms with Crippen LogP contribution in [0.5, 0.6) is 0 Å². The average molecular weight is 611 g/mol. The van der Waals surface area contributed by atoms with Crippen LogP contribution in [-0.2, 0) is 33.6 Å². The number of amides is 3. The molecule has 0 spiro atoms. The molecule has 0 aromatic rings. The van der Waals surface area contributed by atoms with E-state index in [-0.39, 0.29) is 19.8 Å². The molecular formula is C29H50N6O8. The number of carbonyl (C=O) groups is 3. The maximum atomic E-state index is 12.0. The lowest BCUT2D eigenvalue weighted by Crippen LogP contribution is -2.53. The van der Waals surface area contributed by atoms with E-state index in [4.69, 9.17) is 34.5 Å². The van der Waals surface area contributed by atoms with E-state index >= 15 is 0 Å². The molecule has 0 saturated heterocycles. The number of unbranched alkanes of at least 4 members (excludes halogenated alkanes) is 9. The molecule has 1 N–H and O–H groups in total. The van der Waals surface area contributed by atoms with Crippen LogP contribution in [0.2, 0.25) is 0 Å². The zero-order chi connectivity index (χ0) is 31.8. The van der Waals surface area contributed by atoms with E-state index in [1.807, 2.05) is 6.92 Å². The van der Waals surface area contributed by atoms with Crippen molar-refractivity contribution >= 4 is 18.9 Å². The van der Waals surface area contributed by atoms with Crippen LogP contribution in [0.25, 0.3) is 0 Å². The molecule has 0 radical (unpaired) electrons. The lowest BCUT2D eigenvalue weighted by Gasteiger charge is -2.38. The predicted molar refractivity (Wildman–Crippen MR) is 157 cm³/mol. The van der Waals surface area contributed by atoms with Crippen molar-refractivity contribution in [3.8, 4) is 12.5 Å². The number of nitrogens with zero attached hydrogens (tertiary/aromatic N) is 5. The van der Waals surface area contributed by atoms with Crippen molar-refractivity contribution < 1.29 is 38.4 Å². The third-order valence-corrected chi connectivity index (χ3v) is 6.08. The molecule has 0 atom stereocenters. The number of alkyl carbamates (subject to hydrolysis) is 1. The van der Waals surface area contributed by atoms with Gasteiger partial charge in [-0.05, 0) is 58.3 Å². The molecule has 0 heterocycles. The van der Waals surface area contributed by atoms with Crippen molar-refractivity contribution in [3.63, 3.8) is 0 Å². The Morgan fingerprint density at radius 1 is 0.721 bits per heavy atom. The number of hydrogen-bond acceptors (Lipinski definition) is 11. The zero-order valence-corrected chi connectivity index (χ0v) is 25.7. The molecule has 0 bridgehead atoms. The minimum Gasteiger partial charge on any atom is -0.447 e. The van der Waals surface area contributed by atoms with Crippen LogP contribution in [0.4, 0.5) is 4.79 Å². The van der Waals surface area contributed by atoms with Gasteiger partial charge in [0.25, 0.3) is 12.5 Å². The van der Waals surface area contributed by atoms with Gasteiger partial charge in [-0.3, -0.25) is 19.6 Å². The van der Waals surface area contributed by atoms with Crippen LogP contribution in [-0.4, -0.2) is 93.3 Å². The lowest BCUT2D eigenvalue weighted by atomic mass is 10.2. The van der Waals surface area contributed by atoms with Gasteiger partial charge in [0, 0.05) is 26.2 Å². The van der Waals surface area contributed by atoms with Crippen LogP contribution >= 0.6 is 0 Å². The molecule has 0 aromatic carbocycles. The number of hydrazine groups is 2. The summed E-state index contributed by atoms with van der Waals surface area (Å²) in [6.07, 6.45) is 14.0. The first-order valence-corrected chi connectivity index (χ1v) is 15.0. The Bertz CT molecular complexity index is 780. The van der Waals surface area contributed by atoms with Gasteiger partial charge in [0.05, 0.1) is 0 Å². The first-order chi connectivity index (χ1) is 21.0. The maximum absolute atomic E-state index is 12.0. The van der Waals surface area contributed by atoms with E-state index in [0.717, 1.165) is 95.4 Å². The normalized spacial score (nSPS) is 10.3. The van der Waals surface area contributed by atoms with E-state index in [0.29, 0.717) is 39.4 Å². The molecule has 14 nitrogen and oxygen atoms in total. The van der Waals surface area contributed by atoms with E-state index < -0.39 is 6.09 Å². The highest BCUT2D eigenvalue weighted by atomic mass is 17.2. The van der Waals surface area contributed by atoms with Crippen LogP contribution in [0, 0.1) is 23.0 Å². The van der Waals surface area contributed by atoms with Gasteiger partial charge in [-0.1, -0.05) is 37.8 Å². The Morgan fingerprint density at radius 2 is 1.23 bits per heavy atom. The first kappa shape index (κ1) is 39.4. The van der Waals surface area contributed by atoms with Gasteiger partial charge < -0.3 is 19.5 Å². The van der Waals surface area contributed by atoms with E-state index in [1.165, 1.54) is 0 Å². The Morgan fingerprint density at radius 3 is 1.74 bits per heavy atom. The highest BCUT2D eigenvalue weighted by molar-refractivity contribution is 5.66. The summed E-state index contributed by atoms with van der Waals surface area (Å²) in [7, 11) is 0. The summed E-state index contributed by atoms with van der Waals surface area (Å²) in [6.45, 7) is 8.65. The monoisotopic (exact) mass is 610 g/mol. The Balaban J connectivity index is 4.53. The van der Waals surface area contributed by atoms with E-state index in [1.54, 1.807) is 27.6 Å². The van der Waals surface area contributed by atoms with E-state index in [9.17, 15) is 14.4 Å². The minimum atomic E-state index is -0.520. The van der Waals surface area contributed by atoms with Gasteiger partial charge in [-0.15, -0.1) is 5.12 Å². The van der Waals surface area contributed by atoms with Crippen molar-refractivity contribution in [1.82, 2.24) is 20.5 Å². The second-order valence-electron chi connectivity index (χ2n) is 9.86. The van der Waals surface area contributed by atoms with Gasteiger partial charge in [-0.25, -0.2) is 14.6 Å². The van der Waals surface area contributed by atoms with Crippen molar-refractivity contribution in [1.29, 1.82) is 10.5 Å². The van der Waals surface area contributed by atoms with Crippen LogP contribution in [0.15, 0.2) is 12.2 Å². The molecule has 0 unspecified atom stereocenters. The van der Waals surface area contributed by atoms with Crippen LogP contribution in [0.3, 0.4) is 0 Å². The summed E-state index contributed by atoms with van der Waals surface area (Å²) in [5, 5.41) is 24.4.